The molecule has 0 spiro atoms. The van der Waals surface area contributed by atoms with Crippen LogP contribution in [0.4, 0.5) is 5.69 Å². The number of rotatable bonds is 4. The van der Waals surface area contributed by atoms with Crippen molar-refractivity contribution < 1.29 is 9.15 Å². The summed E-state index contributed by atoms with van der Waals surface area (Å²) in [5.74, 6) is 2.05. The van der Waals surface area contributed by atoms with Crippen LogP contribution in [0.2, 0.25) is 0 Å². The SMILES string of the molecule is CCCSc1nnc2c(n1)O[C@@H](c1ccco1)Nc1ccc(Br)cc1-2. The normalized spacial score (nSPS) is 15.5. The lowest BCUT2D eigenvalue weighted by Gasteiger charge is -2.16. The second kappa shape index (κ2) is 7.05. The Morgan fingerprint density at radius 3 is 3.00 bits per heavy atom. The van der Waals surface area contributed by atoms with E-state index >= 15 is 0 Å². The van der Waals surface area contributed by atoms with Gasteiger partial charge < -0.3 is 14.5 Å². The Balaban J connectivity index is 1.81. The van der Waals surface area contributed by atoms with Crippen molar-refractivity contribution in [2.45, 2.75) is 24.7 Å². The molecule has 0 saturated carbocycles. The van der Waals surface area contributed by atoms with Crippen molar-refractivity contribution in [3.05, 3.63) is 46.8 Å². The van der Waals surface area contributed by atoms with Crippen LogP contribution in [0.5, 0.6) is 5.88 Å². The molecule has 1 N–H and O–H groups in total. The molecule has 0 amide bonds. The molecule has 0 radical (unpaired) electrons. The average Bonchev–Trinajstić information content (AvgIpc) is 3.10. The predicted molar refractivity (Wildman–Crippen MR) is 99.7 cm³/mol. The van der Waals surface area contributed by atoms with Crippen molar-refractivity contribution in [2.24, 2.45) is 0 Å². The number of aromatic nitrogens is 3. The third kappa shape index (κ3) is 3.36. The van der Waals surface area contributed by atoms with Crippen molar-refractivity contribution in [2.75, 3.05) is 11.1 Å². The zero-order chi connectivity index (χ0) is 17.2. The van der Waals surface area contributed by atoms with E-state index in [1.807, 2.05) is 30.3 Å². The van der Waals surface area contributed by atoms with Gasteiger partial charge in [-0.15, -0.1) is 10.2 Å². The van der Waals surface area contributed by atoms with Crippen LogP contribution in [0, 0.1) is 0 Å². The Bertz CT molecular complexity index is 888. The van der Waals surface area contributed by atoms with Gasteiger partial charge in [-0.05, 0) is 36.8 Å². The third-order valence-electron chi connectivity index (χ3n) is 3.63. The van der Waals surface area contributed by atoms with Gasteiger partial charge in [0, 0.05) is 21.5 Å². The summed E-state index contributed by atoms with van der Waals surface area (Å²) in [4.78, 5) is 4.57. The highest BCUT2D eigenvalue weighted by atomic mass is 79.9. The van der Waals surface area contributed by atoms with Crippen LogP contribution in [-0.4, -0.2) is 20.9 Å². The van der Waals surface area contributed by atoms with Crippen LogP contribution < -0.4 is 10.1 Å². The van der Waals surface area contributed by atoms with Crippen LogP contribution >= 0.6 is 27.7 Å². The van der Waals surface area contributed by atoms with Gasteiger partial charge in [0.25, 0.3) is 0 Å². The van der Waals surface area contributed by atoms with Crippen LogP contribution in [0.25, 0.3) is 11.3 Å². The van der Waals surface area contributed by atoms with Crippen LogP contribution in [0.1, 0.15) is 25.3 Å². The molecule has 3 aromatic rings. The summed E-state index contributed by atoms with van der Waals surface area (Å²) in [5.41, 5.74) is 2.37. The minimum absolute atomic E-state index is 0.444. The maximum atomic E-state index is 6.10. The van der Waals surface area contributed by atoms with Crippen molar-refractivity contribution >= 4 is 33.4 Å². The fourth-order valence-electron chi connectivity index (χ4n) is 2.49. The standard InChI is InChI=1S/C17H15BrN4O2S/c1-2-8-25-17-20-16-14(21-22-17)11-9-10(18)5-6-12(11)19-15(24-16)13-4-3-7-23-13/h3-7,9,15,19H,2,8H2,1H3/t15-/m0/s1. The van der Waals surface area contributed by atoms with Gasteiger partial charge in [-0.25, -0.2) is 0 Å². The van der Waals surface area contributed by atoms with Crippen LogP contribution in [-0.2, 0) is 0 Å². The highest BCUT2D eigenvalue weighted by Gasteiger charge is 2.27. The second-order valence-electron chi connectivity index (χ2n) is 5.44. The van der Waals surface area contributed by atoms with Crippen LogP contribution in [0.3, 0.4) is 0 Å². The molecule has 128 valence electrons. The molecule has 0 saturated heterocycles. The van der Waals surface area contributed by atoms with Crippen molar-refractivity contribution in [3.63, 3.8) is 0 Å². The number of furan rings is 1. The number of fused-ring (bicyclic) bond motifs is 3. The molecule has 0 aliphatic carbocycles. The molecular weight excluding hydrogens is 404 g/mol. The van der Waals surface area contributed by atoms with E-state index in [2.05, 4.69) is 43.4 Å². The smallest absolute Gasteiger partial charge is 0.247 e. The lowest BCUT2D eigenvalue weighted by atomic mass is 10.1. The van der Waals surface area contributed by atoms with E-state index in [0.29, 0.717) is 22.5 Å². The summed E-state index contributed by atoms with van der Waals surface area (Å²) in [5, 5.41) is 12.6. The van der Waals surface area contributed by atoms with Gasteiger partial charge in [-0.2, -0.15) is 4.98 Å². The number of anilines is 1. The van der Waals surface area contributed by atoms with Gasteiger partial charge >= 0.3 is 0 Å². The molecule has 3 heterocycles. The highest BCUT2D eigenvalue weighted by Crippen LogP contribution is 2.40. The molecule has 1 atom stereocenters. The molecule has 0 bridgehead atoms. The fourth-order valence-corrected chi connectivity index (χ4v) is 3.49. The zero-order valence-corrected chi connectivity index (χ0v) is 15.8. The number of nitrogens with zero attached hydrogens (tertiary/aromatic N) is 3. The Labute approximate surface area is 157 Å². The van der Waals surface area contributed by atoms with Crippen LogP contribution in [0.15, 0.2) is 50.6 Å². The molecule has 25 heavy (non-hydrogen) atoms. The van der Waals surface area contributed by atoms with Crippen molar-refractivity contribution in [1.82, 2.24) is 15.2 Å². The topological polar surface area (TPSA) is 73.1 Å². The number of halogens is 1. The molecule has 4 rings (SSSR count). The first-order valence-electron chi connectivity index (χ1n) is 7.88. The Morgan fingerprint density at radius 2 is 2.20 bits per heavy atom. The first-order chi connectivity index (χ1) is 12.2. The van der Waals surface area contributed by atoms with E-state index in [1.54, 1.807) is 18.0 Å². The lowest BCUT2D eigenvalue weighted by Crippen LogP contribution is -2.16. The lowest BCUT2D eigenvalue weighted by molar-refractivity contribution is 0.195. The average molecular weight is 419 g/mol. The molecule has 8 heteroatoms. The summed E-state index contributed by atoms with van der Waals surface area (Å²) < 4.78 is 12.6. The Kier molecular flexibility index (Phi) is 4.63. The Morgan fingerprint density at radius 1 is 1.28 bits per heavy atom. The monoisotopic (exact) mass is 418 g/mol. The van der Waals surface area contributed by atoms with E-state index in [4.69, 9.17) is 9.15 Å². The van der Waals surface area contributed by atoms with Gasteiger partial charge in [0.2, 0.25) is 17.3 Å². The maximum absolute atomic E-state index is 6.10. The quantitative estimate of drug-likeness (QED) is 0.603. The summed E-state index contributed by atoms with van der Waals surface area (Å²) in [7, 11) is 0. The van der Waals surface area contributed by atoms with Crippen molar-refractivity contribution in [1.29, 1.82) is 0 Å². The first kappa shape index (κ1) is 16.4. The Hall–Kier alpha value is -2.06. The van der Waals surface area contributed by atoms with Gasteiger partial charge in [0.05, 0.1) is 6.26 Å². The molecule has 1 aromatic carbocycles. The van der Waals surface area contributed by atoms with Gasteiger partial charge in [0.1, 0.15) is 0 Å². The summed E-state index contributed by atoms with van der Waals surface area (Å²) in [6.45, 7) is 2.12. The third-order valence-corrected chi connectivity index (χ3v) is 5.16. The van der Waals surface area contributed by atoms with Gasteiger partial charge in [0.15, 0.2) is 11.5 Å². The van der Waals surface area contributed by atoms with Gasteiger partial charge in [-0.1, -0.05) is 34.6 Å². The van der Waals surface area contributed by atoms with E-state index in [-0.39, 0.29) is 0 Å². The maximum Gasteiger partial charge on any atom is 0.247 e. The summed E-state index contributed by atoms with van der Waals surface area (Å²) >= 11 is 5.08. The number of hydrogen-bond acceptors (Lipinski definition) is 7. The molecular formula is C17H15BrN4O2S. The molecule has 1 aliphatic rings. The molecule has 1 aliphatic heterocycles. The second-order valence-corrected chi connectivity index (χ2v) is 7.42. The molecule has 0 unspecified atom stereocenters. The fraction of sp³-hybridized carbons (Fsp3) is 0.235. The largest absolute Gasteiger partial charge is 0.463 e. The number of thioether (sulfide) groups is 1. The summed E-state index contributed by atoms with van der Waals surface area (Å²) in [6.07, 6.45) is 2.17. The van der Waals surface area contributed by atoms with E-state index in [9.17, 15) is 0 Å². The number of hydrogen-bond donors (Lipinski definition) is 1. The first-order valence-corrected chi connectivity index (χ1v) is 9.66. The number of ether oxygens (including phenoxy) is 1. The minimum atomic E-state index is -0.489. The number of nitrogens with one attached hydrogen (secondary N) is 1. The van der Waals surface area contributed by atoms with E-state index in [0.717, 1.165) is 27.9 Å². The van der Waals surface area contributed by atoms with E-state index in [1.165, 1.54) is 0 Å². The predicted octanol–water partition coefficient (Wildman–Crippen LogP) is 4.90. The summed E-state index contributed by atoms with van der Waals surface area (Å²) in [6, 6.07) is 9.60. The molecule has 0 fully saturated rings. The zero-order valence-electron chi connectivity index (χ0n) is 13.4. The van der Waals surface area contributed by atoms with E-state index < -0.39 is 6.23 Å². The van der Waals surface area contributed by atoms with Gasteiger partial charge in [-0.3, -0.25) is 0 Å². The molecule has 2 aromatic heterocycles. The number of benzene rings is 1. The minimum Gasteiger partial charge on any atom is -0.463 e. The highest BCUT2D eigenvalue weighted by molar-refractivity contribution is 9.10. The van der Waals surface area contributed by atoms with Crippen molar-refractivity contribution in [3.8, 4) is 17.1 Å². The molecule has 6 nitrogen and oxygen atoms in total.